The minimum atomic E-state index is -3.79. The molecule has 1 heterocycles. The molecule has 2 N–H and O–H groups in total. The summed E-state index contributed by atoms with van der Waals surface area (Å²) in [5, 5.41) is 17.4. The lowest BCUT2D eigenvalue weighted by Crippen LogP contribution is -2.29. The van der Waals surface area contributed by atoms with E-state index >= 15 is 0 Å². The Morgan fingerprint density at radius 2 is 2.09 bits per heavy atom. The average Bonchev–Trinajstić information content (AvgIpc) is 2.90. The van der Waals surface area contributed by atoms with Crippen LogP contribution >= 0.6 is 0 Å². The number of hydrogen-bond donors (Lipinski definition) is 2. The molecular formula is C14H20N4O4S. The second-order valence-electron chi connectivity index (χ2n) is 4.86. The summed E-state index contributed by atoms with van der Waals surface area (Å²) < 4.78 is 34.4. The zero-order chi connectivity index (χ0) is 17.0. The van der Waals surface area contributed by atoms with Crippen LogP contribution in [-0.4, -0.2) is 34.9 Å². The van der Waals surface area contributed by atoms with Crippen LogP contribution in [0.25, 0.3) is 0 Å². The van der Waals surface area contributed by atoms with Gasteiger partial charge in [0.05, 0.1) is 17.5 Å². The first-order valence-electron chi connectivity index (χ1n) is 7.26. The van der Waals surface area contributed by atoms with Gasteiger partial charge in [0.25, 0.3) is 0 Å². The van der Waals surface area contributed by atoms with Gasteiger partial charge in [0.2, 0.25) is 10.0 Å². The third-order valence-corrected chi connectivity index (χ3v) is 4.72. The molecule has 0 saturated carbocycles. The predicted octanol–water partition coefficient (Wildman–Crippen LogP) is 1.44. The lowest BCUT2D eigenvalue weighted by Gasteiger charge is -2.15. The first-order chi connectivity index (χ1) is 10.9. The maximum absolute atomic E-state index is 12.4. The normalized spacial score (nSPS) is 13.0. The minimum Gasteiger partial charge on any atom is -0.508 e. The quantitative estimate of drug-likeness (QED) is 0.790. The predicted molar refractivity (Wildman–Crippen MR) is 83.7 cm³/mol. The van der Waals surface area contributed by atoms with Crippen LogP contribution in [0.1, 0.15) is 32.6 Å². The Balaban J connectivity index is 2.26. The van der Waals surface area contributed by atoms with Crippen LogP contribution in [0, 0.1) is 0 Å². The zero-order valence-electron chi connectivity index (χ0n) is 13.2. The number of phenols is 1. The lowest BCUT2D eigenvalue weighted by molar-refractivity contribution is 0.294. The molecule has 8 nitrogen and oxygen atoms in total. The first-order valence-corrected chi connectivity index (χ1v) is 8.74. The topological polar surface area (TPSA) is 106 Å². The molecule has 1 aromatic heterocycles. The van der Waals surface area contributed by atoms with E-state index in [2.05, 4.69) is 14.9 Å². The number of benzene rings is 1. The van der Waals surface area contributed by atoms with Gasteiger partial charge in [0, 0.05) is 6.54 Å². The number of phenolic OH excluding ortho intramolecular Hbond substituents is 1. The fourth-order valence-electron chi connectivity index (χ4n) is 2.16. The van der Waals surface area contributed by atoms with E-state index in [1.807, 2.05) is 13.8 Å². The third kappa shape index (κ3) is 3.80. The molecular weight excluding hydrogens is 320 g/mol. The number of nitrogens with zero attached hydrogens (tertiary/aromatic N) is 3. The Morgan fingerprint density at radius 1 is 1.35 bits per heavy atom. The maximum atomic E-state index is 12.4. The van der Waals surface area contributed by atoms with Crippen molar-refractivity contribution < 1.29 is 18.3 Å². The van der Waals surface area contributed by atoms with Crippen molar-refractivity contribution in [1.82, 2.24) is 19.5 Å². The zero-order valence-corrected chi connectivity index (χ0v) is 14.0. The molecule has 0 amide bonds. The van der Waals surface area contributed by atoms with Crippen LogP contribution in [-0.2, 0) is 16.6 Å². The molecule has 0 spiro atoms. The summed E-state index contributed by atoms with van der Waals surface area (Å²) in [6, 6.07) is 5.22. The van der Waals surface area contributed by atoms with E-state index < -0.39 is 16.1 Å². The molecule has 2 rings (SSSR count). The van der Waals surface area contributed by atoms with Crippen molar-refractivity contribution in [2.45, 2.75) is 38.3 Å². The summed E-state index contributed by atoms with van der Waals surface area (Å²) in [7, 11) is -3.79. The second kappa shape index (κ2) is 6.97. The molecule has 0 aliphatic heterocycles. The summed E-state index contributed by atoms with van der Waals surface area (Å²) in [6.45, 7) is 6.40. The third-order valence-electron chi connectivity index (χ3n) is 3.18. The Bertz CT molecular complexity index is 773. The van der Waals surface area contributed by atoms with Crippen LogP contribution in [0.3, 0.4) is 0 Å². The number of aromatic hydroxyl groups is 1. The van der Waals surface area contributed by atoms with Crippen LogP contribution in [0.4, 0.5) is 0 Å². The molecule has 0 aliphatic rings. The second-order valence-corrected chi connectivity index (χ2v) is 6.57. The fraction of sp³-hybridized carbons (Fsp3) is 0.429. The minimum absolute atomic E-state index is 0.0167. The molecule has 0 fully saturated rings. The summed E-state index contributed by atoms with van der Waals surface area (Å²) in [5.41, 5.74) is 0. The SMILES string of the molecule is CCOc1nnc([C@@H](C)NS(=O)(=O)c2cccc(O)c2)n1CC. The number of ether oxygens (including phenoxy) is 1. The van der Waals surface area contributed by atoms with Gasteiger partial charge in [-0.25, -0.2) is 13.1 Å². The number of sulfonamides is 1. The van der Waals surface area contributed by atoms with Crippen molar-refractivity contribution >= 4 is 10.0 Å². The highest BCUT2D eigenvalue weighted by atomic mass is 32.2. The van der Waals surface area contributed by atoms with Crippen LogP contribution < -0.4 is 9.46 Å². The smallest absolute Gasteiger partial charge is 0.316 e. The van der Waals surface area contributed by atoms with E-state index in [-0.39, 0.29) is 10.6 Å². The molecule has 0 radical (unpaired) electrons. The molecule has 1 atom stereocenters. The Morgan fingerprint density at radius 3 is 2.70 bits per heavy atom. The van der Waals surface area contributed by atoms with Gasteiger partial charge < -0.3 is 9.84 Å². The van der Waals surface area contributed by atoms with Gasteiger partial charge in [-0.15, -0.1) is 5.10 Å². The molecule has 0 aliphatic carbocycles. The molecule has 2 aromatic rings. The monoisotopic (exact) mass is 340 g/mol. The summed E-state index contributed by atoms with van der Waals surface area (Å²) in [6.07, 6.45) is 0. The van der Waals surface area contributed by atoms with E-state index in [0.29, 0.717) is 25.0 Å². The van der Waals surface area contributed by atoms with Crippen molar-refractivity contribution in [3.63, 3.8) is 0 Å². The number of aromatic nitrogens is 3. The average molecular weight is 340 g/mol. The first kappa shape index (κ1) is 17.2. The molecule has 23 heavy (non-hydrogen) atoms. The van der Waals surface area contributed by atoms with Gasteiger partial charge in [-0.1, -0.05) is 11.2 Å². The van der Waals surface area contributed by atoms with E-state index in [0.717, 1.165) is 0 Å². The van der Waals surface area contributed by atoms with Gasteiger partial charge in [-0.2, -0.15) is 0 Å². The molecule has 1 aromatic carbocycles. The largest absolute Gasteiger partial charge is 0.508 e. The van der Waals surface area contributed by atoms with Gasteiger partial charge in [-0.3, -0.25) is 4.57 Å². The molecule has 0 bridgehead atoms. The molecule has 0 saturated heterocycles. The van der Waals surface area contributed by atoms with Gasteiger partial charge in [0.1, 0.15) is 5.75 Å². The van der Waals surface area contributed by atoms with Crippen LogP contribution in [0.2, 0.25) is 0 Å². The highest BCUT2D eigenvalue weighted by Gasteiger charge is 2.23. The maximum Gasteiger partial charge on any atom is 0.316 e. The van der Waals surface area contributed by atoms with Crippen molar-refractivity contribution in [2.24, 2.45) is 0 Å². The number of hydrogen-bond acceptors (Lipinski definition) is 6. The summed E-state index contributed by atoms with van der Waals surface area (Å²) >= 11 is 0. The Labute approximate surface area is 135 Å². The van der Waals surface area contributed by atoms with E-state index in [1.165, 1.54) is 24.3 Å². The van der Waals surface area contributed by atoms with Crippen molar-refractivity contribution in [3.05, 3.63) is 30.1 Å². The molecule has 0 unspecified atom stereocenters. The highest BCUT2D eigenvalue weighted by Crippen LogP contribution is 2.21. The highest BCUT2D eigenvalue weighted by molar-refractivity contribution is 7.89. The summed E-state index contributed by atoms with van der Waals surface area (Å²) in [5.74, 6) is 0.343. The number of nitrogens with one attached hydrogen (secondary N) is 1. The van der Waals surface area contributed by atoms with Crippen LogP contribution in [0.5, 0.6) is 11.8 Å². The standard InChI is InChI=1S/C14H20N4O4S/c1-4-18-13(15-16-14(18)22-5-2)10(3)17-23(20,21)12-8-6-7-11(19)9-12/h6-10,17,19H,4-5H2,1-3H3/t10-/m1/s1. The van der Waals surface area contributed by atoms with Crippen molar-refractivity contribution in [2.75, 3.05) is 6.61 Å². The molecule has 126 valence electrons. The van der Waals surface area contributed by atoms with Gasteiger partial charge >= 0.3 is 6.01 Å². The van der Waals surface area contributed by atoms with E-state index in [1.54, 1.807) is 11.5 Å². The fourth-order valence-corrected chi connectivity index (χ4v) is 3.40. The van der Waals surface area contributed by atoms with Crippen molar-refractivity contribution in [3.8, 4) is 11.8 Å². The van der Waals surface area contributed by atoms with Gasteiger partial charge in [-0.05, 0) is 39.0 Å². The van der Waals surface area contributed by atoms with Crippen molar-refractivity contribution in [1.29, 1.82) is 0 Å². The number of rotatable bonds is 7. The van der Waals surface area contributed by atoms with E-state index in [9.17, 15) is 13.5 Å². The van der Waals surface area contributed by atoms with Crippen LogP contribution in [0.15, 0.2) is 29.2 Å². The Hall–Kier alpha value is -2.13. The van der Waals surface area contributed by atoms with Gasteiger partial charge in [0.15, 0.2) is 5.82 Å². The lowest BCUT2D eigenvalue weighted by atomic mass is 10.3. The van der Waals surface area contributed by atoms with E-state index in [4.69, 9.17) is 4.74 Å². The molecule has 9 heteroatoms. The summed E-state index contributed by atoms with van der Waals surface area (Å²) in [4.78, 5) is -0.0167. The Kier molecular flexibility index (Phi) is 5.22.